The van der Waals surface area contributed by atoms with Crippen molar-refractivity contribution >= 4 is 0 Å². The number of nitrogens with one attached hydrogen (secondary N) is 2. The third kappa shape index (κ3) is 2.12. The molecule has 102 valence electrons. The van der Waals surface area contributed by atoms with E-state index in [9.17, 15) is 0 Å². The molecule has 5 rings (SSSR count). The second-order valence-corrected chi connectivity index (χ2v) is 7.58. The summed E-state index contributed by atoms with van der Waals surface area (Å²) in [6, 6.07) is 0.889. The summed E-state index contributed by atoms with van der Waals surface area (Å²) < 4.78 is 0. The van der Waals surface area contributed by atoms with E-state index in [4.69, 9.17) is 0 Å². The van der Waals surface area contributed by atoms with Crippen molar-refractivity contribution in [3.8, 4) is 0 Å². The molecule has 0 aromatic carbocycles. The summed E-state index contributed by atoms with van der Waals surface area (Å²) in [7, 11) is 0. The number of piperidine rings is 1. The predicted molar refractivity (Wildman–Crippen MR) is 74.4 cm³/mol. The van der Waals surface area contributed by atoms with Crippen molar-refractivity contribution in [2.45, 2.75) is 51.0 Å². The van der Waals surface area contributed by atoms with Crippen LogP contribution in [-0.2, 0) is 0 Å². The first kappa shape index (κ1) is 11.7. The van der Waals surface area contributed by atoms with Crippen LogP contribution in [0, 0.1) is 29.6 Å². The molecule has 0 aromatic heterocycles. The van der Waals surface area contributed by atoms with E-state index in [1.165, 1.54) is 32.5 Å². The van der Waals surface area contributed by atoms with Crippen LogP contribution in [0.4, 0.5) is 0 Å². The lowest BCUT2D eigenvalue weighted by atomic mass is 9.54. The first-order chi connectivity index (χ1) is 8.88. The highest BCUT2D eigenvalue weighted by Crippen LogP contribution is 2.53. The van der Waals surface area contributed by atoms with Gasteiger partial charge in [0.1, 0.15) is 0 Å². The zero-order chi connectivity index (χ0) is 11.9. The van der Waals surface area contributed by atoms with Gasteiger partial charge in [0.05, 0.1) is 0 Å². The van der Waals surface area contributed by atoms with Gasteiger partial charge in [0.25, 0.3) is 0 Å². The first-order valence-electron chi connectivity index (χ1n) is 8.32. The van der Waals surface area contributed by atoms with Gasteiger partial charge in [-0.15, -0.1) is 0 Å². The molecule has 0 amide bonds. The Labute approximate surface area is 111 Å². The van der Waals surface area contributed by atoms with Gasteiger partial charge in [-0.05, 0) is 94.2 Å². The molecule has 1 aliphatic heterocycles. The summed E-state index contributed by atoms with van der Waals surface area (Å²) in [5.41, 5.74) is 0. The molecule has 2 heteroatoms. The van der Waals surface area contributed by atoms with Crippen molar-refractivity contribution in [3.05, 3.63) is 0 Å². The monoisotopic (exact) mass is 248 g/mol. The van der Waals surface area contributed by atoms with Gasteiger partial charge in [-0.2, -0.15) is 0 Å². The Morgan fingerprint density at radius 2 is 1.67 bits per heavy atom. The fourth-order valence-electron chi connectivity index (χ4n) is 5.66. The maximum absolute atomic E-state index is 3.99. The maximum atomic E-state index is 3.99. The Morgan fingerprint density at radius 3 is 2.28 bits per heavy atom. The number of rotatable bonds is 3. The van der Waals surface area contributed by atoms with Crippen LogP contribution in [0.15, 0.2) is 0 Å². The highest BCUT2D eigenvalue weighted by atomic mass is 15.0. The van der Waals surface area contributed by atoms with Gasteiger partial charge in [0.2, 0.25) is 0 Å². The van der Waals surface area contributed by atoms with E-state index in [1.54, 1.807) is 32.1 Å². The lowest BCUT2D eigenvalue weighted by Crippen LogP contribution is -2.55. The SMILES string of the molecule is C1CNCC(CNC2C3CC4CC(C3)CC2C4)C1. The minimum atomic E-state index is 0.889. The summed E-state index contributed by atoms with van der Waals surface area (Å²) in [6.07, 6.45) is 10.6. The van der Waals surface area contributed by atoms with E-state index < -0.39 is 0 Å². The molecule has 4 aliphatic carbocycles. The molecular formula is C16H28N2. The lowest BCUT2D eigenvalue weighted by molar-refractivity contribution is -0.0150. The van der Waals surface area contributed by atoms with E-state index in [1.807, 2.05) is 0 Å². The minimum absolute atomic E-state index is 0.889. The quantitative estimate of drug-likeness (QED) is 0.801. The van der Waals surface area contributed by atoms with Crippen molar-refractivity contribution in [1.82, 2.24) is 10.6 Å². The van der Waals surface area contributed by atoms with Crippen LogP contribution in [0.1, 0.15) is 44.9 Å². The fraction of sp³-hybridized carbons (Fsp3) is 1.00. The van der Waals surface area contributed by atoms with Crippen LogP contribution >= 0.6 is 0 Å². The van der Waals surface area contributed by atoms with Gasteiger partial charge < -0.3 is 10.6 Å². The molecule has 4 bridgehead atoms. The Kier molecular flexibility index (Phi) is 3.12. The van der Waals surface area contributed by atoms with Crippen LogP contribution in [0.3, 0.4) is 0 Å². The van der Waals surface area contributed by atoms with E-state index in [-0.39, 0.29) is 0 Å². The Balaban J connectivity index is 1.34. The van der Waals surface area contributed by atoms with Crippen LogP contribution < -0.4 is 10.6 Å². The molecule has 1 atom stereocenters. The third-order valence-electron chi connectivity index (χ3n) is 6.27. The molecule has 18 heavy (non-hydrogen) atoms. The van der Waals surface area contributed by atoms with Gasteiger partial charge in [-0.25, -0.2) is 0 Å². The zero-order valence-electron chi connectivity index (χ0n) is 11.5. The van der Waals surface area contributed by atoms with E-state index in [2.05, 4.69) is 10.6 Å². The highest BCUT2D eigenvalue weighted by molar-refractivity contribution is 5.01. The highest BCUT2D eigenvalue weighted by Gasteiger charge is 2.47. The smallest absolute Gasteiger partial charge is 0.0124 e. The van der Waals surface area contributed by atoms with Crippen LogP contribution in [-0.4, -0.2) is 25.7 Å². The standard InChI is InChI=1S/C16H28N2/c1-2-11(9-17-3-1)10-18-16-14-5-12-4-13(7-14)8-15(16)6-12/h11-18H,1-10H2. The molecular weight excluding hydrogens is 220 g/mol. The van der Waals surface area contributed by atoms with Gasteiger partial charge in [0.15, 0.2) is 0 Å². The van der Waals surface area contributed by atoms with Crippen molar-refractivity contribution in [3.63, 3.8) is 0 Å². The van der Waals surface area contributed by atoms with Crippen LogP contribution in [0.5, 0.6) is 0 Å². The summed E-state index contributed by atoms with van der Waals surface area (Å²) in [5, 5.41) is 7.54. The molecule has 0 radical (unpaired) electrons. The molecule has 1 unspecified atom stereocenters. The summed E-state index contributed by atoms with van der Waals surface area (Å²) in [6.45, 7) is 3.77. The summed E-state index contributed by atoms with van der Waals surface area (Å²) >= 11 is 0. The number of hydrogen-bond acceptors (Lipinski definition) is 2. The molecule has 5 aliphatic rings. The maximum Gasteiger partial charge on any atom is 0.0124 e. The molecule has 5 fully saturated rings. The summed E-state index contributed by atoms with van der Waals surface area (Å²) in [4.78, 5) is 0. The largest absolute Gasteiger partial charge is 0.316 e. The van der Waals surface area contributed by atoms with Crippen molar-refractivity contribution in [2.24, 2.45) is 29.6 Å². The minimum Gasteiger partial charge on any atom is -0.316 e. The second-order valence-electron chi connectivity index (χ2n) is 7.58. The topological polar surface area (TPSA) is 24.1 Å². The van der Waals surface area contributed by atoms with Gasteiger partial charge in [0, 0.05) is 6.04 Å². The van der Waals surface area contributed by atoms with Crippen molar-refractivity contribution in [2.75, 3.05) is 19.6 Å². The van der Waals surface area contributed by atoms with Crippen molar-refractivity contribution in [1.29, 1.82) is 0 Å². The average Bonchev–Trinajstić information content (AvgIpc) is 2.38. The van der Waals surface area contributed by atoms with Gasteiger partial charge >= 0.3 is 0 Å². The molecule has 0 aromatic rings. The predicted octanol–water partition coefficient (Wildman–Crippen LogP) is 2.40. The van der Waals surface area contributed by atoms with Crippen LogP contribution in [0.2, 0.25) is 0 Å². The first-order valence-corrected chi connectivity index (χ1v) is 8.32. The molecule has 2 N–H and O–H groups in total. The van der Waals surface area contributed by atoms with E-state index in [0.29, 0.717) is 0 Å². The fourth-order valence-corrected chi connectivity index (χ4v) is 5.66. The molecule has 1 saturated heterocycles. The van der Waals surface area contributed by atoms with Gasteiger partial charge in [-0.3, -0.25) is 0 Å². The molecule has 1 heterocycles. The molecule has 0 spiro atoms. The average molecular weight is 248 g/mol. The van der Waals surface area contributed by atoms with Gasteiger partial charge in [-0.1, -0.05) is 0 Å². The zero-order valence-corrected chi connectivity index (χ0v) is 11.5. The Bertz CT molecular complexity index is 267. The van der Waals surface area contributed by atoms with Crippen LogP contribution in [0.25, 0.3) is 0 Å². The summed E-state index contributed by atoms with van der Waals surface area (Å²) in [5.74, 6) is 5.20. The third-order valence-corrected chi connectivity index (χ3v) is 6.27. The Morgan fingerprint density at radius 1 is 0.944 bits per heavy atom. The lowest BCUT2D eigenvalue weighted by Gasteiger charge is -2.54. The molecule has 2 nitrogen and oxygen atoms in total. The number of hydrogen-bond donors (Lipinski definition) is 2. The molecule has 4 saturated carbocycles. The normalized spacial score (nSPS) is 50.7. The van der Waals surface area contributed by atoms with E-state index >= 15 is 0 Å². The second kappa shape index (κ2) is 4.79. The van der Waals surface area contributed by atoms with E-state index in [0.717, 1.165) is 35.6 Å². The van der Waals surface area contributed by atoms with Crippen molar-refractivity contribution < 1.29 is 0 Å². The Hall–Kier alpha value is -0.0800.